The molecule has 0 aromatic heterocycles. The number of hydrogen-bond donors (Lipinski definition) is 0. The molecule has 0 spiro atoms. The third-order valence-electron chi connectivity index (χ3n) is 5.69. The summed E-state index contributed by atoms with van der Waals surface area (Å²) in [7, 11) is -2.58. The van der Waals surface area contributed by atoms with Gasteiger partial charge >= 0.3 is 173 Å². The first-order valence-electron chi connectivity index (χ1n) is 10.0. The van der Waals surface area contributed by atoms with E-state index in [4.69, 9.17) is 9.47 Å². The topological polar surface area (TPSA) is 35.5 Å². The van der Waals surface area contributed by atoms with Crippen LogP contribution in [0.4, 0.5) is 0 Å². The molecule has 3 aromatic rings. The third-order valence-corrected chi connectivity index (χ3v) is 10.5. The summed E-state index contributed by atoms with van der Waals surface area (Å²) in [4.78, 5) is 13.1. The quantitative estimate of drug-likeness (QED) is 0.446. The number of carbonyl (C=O) groups excluding carboxylic acids is 1. The van der Waals surface area contributed by atoms with E-state index in [0.29, 0.717) is 26.0 Å². The van der Waals surface area contributed by atoms with Crippen molar-refractivity contribution >= 4 is 29.1 Å². The van der Waals surface area contributed by atoms with Gasteiger partial charge in [-0.1, -0.05) is 0 Å². The molecule has 1 heterocycles. The molecule has 0 bridgehead atoms. The summed E-state index contributed by atoms with van der Waals surface area (Å²) in [6.07, 6.45) is 0.377. The number of rotatable bonds is 7. The number of benzene rings is 3. The normalized spacial score (nSPS) is 15.9. The van der Waals surface area contributed by atoms with E-state index >= 15 is 0 Å². The van der Waals surface area contributed by atoms with Crippen molar-refractivity contribution < 1.29 is 14.3 Å². The molecule has 3 nitrogen and oxygen atoms in total. The summed E-state index contributed by atoms with van der Waals surface area (Å²) in [5.41, 5.74) is -0.0495. The van der Waals surface area contributed by atoms with Crippen LogP contribution in [0.25, 0.3) is 0 Å². The van der Waals surface area contributed by atoms with Gasteiger partial charge in [-0.3, -0.25) is 0 Å². The Morgan fingerprint density at radius 2 is 1.24 bits per heavy atom. The van der Waals surface area contributed by atoms with Gasteiger partial charge in [-0.2, -0.15) is 0 Å². The van der Waals surface area contributed by atoms with E-state index in [9.17, 15) is 4.79 Å². The van der Waals surface area contributed by atoms with Gasteiger partial charge in [0.2, 0.25) is 0 Å². The zero-order valence-corrected chi connectivity index (χ0v) is 17.7. The van der Waals surface area contributed by atoms with Crippen LogP contribution >= 0.6 is 7.26 Å². The predicted octanol–water partition coefficient (Wildman–Crippen LogP) is 3.29. The molecular weight excluding hydrogens is 379 g/mol. The maximum absolute atomic E-state index is 13.1. The van der Waals surface area contributed by atoms with E-state index in [1.54, 1.807) is 0 Å². The molecule has 0 atom stereocenters. The molecule has 150 valence electrons. The van der Waals surface area contributed by atoms with Gasteiger partial charge in [0.25, 0.3) is 0 Å². The van der Waals surface area contributed by atoms with Gasteiger partial charge in [0, 0.05) is 0 Å². The van der Waals surface area contributed by atoms with Crippen molar-refractivity contribution in [1.29, 1.82) is 0 Å². The average molecular weight is 406 g/mol. The van der Waals surface area contributed by atoms with Gasteiger partial charge in [-0.25, -0.2) is 0 Å². The second-order valence-corrected chi connectivity index (χ2v) is 12.0. The summed E-state index contributed by atoms with van der Waals surface area (Å²) in [6.45, 7) is 3.81. The van der Waals surface area contributed by atoms with Crippen molar-refractivity contribution in [3.63, 3.8) is 0 Å². The van der Waals surface area contributed by atoms with Gasteiger partial charge < -0.3 is 0 Å². The van der Waals surface area contributed by atoms with Crippen molar-refractivity contribution in [1.82, 2.24) is 0 Å². The first-order valence-corrected chi connectivity index (χ1v) is 12.2. The average Bonchev–Trinajstić information content (AvgIpc) is 2.76. The van der Waals surface area contributed by atoms with Crippen LogP contribution in [-0.2, 0) is 14.3 Å². The molecule has 1 saturated heterocycles. The standard InChI is InChI=1S/C25H27O3P/c1-25(18-27-19-25)20-28-24(26)17-29(21-11-5-2-6-12-21,22-13-7-3-8-14-22)23-15-9-4-10-16-23/h2-16,29H,17-20H2,1H3. The zero-order chi connectivity index (χ0) is 20.2. The monoisotopic (exact) mass is 406 g/mol. The van der Waals surface area contributed by atoms with Crippen molar-refractivity contribution in [2.24, 2.45) is 5.41 Å². The van der Waals surface area contributed by atoms with Crippen LogP contribution in [0, 0.1) is 5.41 Å². The molecule has 1 fully saturated rings. The Morgan fingerprint density at radius 3 is 1.59 bits per heavy atom. The van der Waals surface area contributed by atoms with Crippen molar-refractivity contribution in [2.45, 2.75) is 6.92 Å². The molecule has 0 N–H and O–H groups in total. The molecule has 1 aliphatic rings. The molecule has 4 rings (SSSR count). The summed E-state index contributed by atoms with van der Waals surface area (Å²) < 4.78 is 11.1. The maximum atomic E-state index is 13.1. The fourth-order valence-corrected chi connectivity index (χ4v) is 8.46. The van der Waals surface area contributed by atoms with Crippen molar-refractivity contribution in [3.8, 4) is 0 Å². The van der Waals surface area contributed by atoms with E-state index in [1.165, 1.54) is 15.9 Å². The van der Waals surface area contributed by atoms with Crippen LogP contribution in [-0.4, -0.2) is 32.0 Å². The van der Waals surface area contributed by atoms with Crippen LogP contribution in [0.5, 0.6) is 0 Å². The Kier molecular flexibility index (Phi) is 5.80. The zero-order valence-electron chi connectivity index (χ0n) is 16.7. The van der Waals surface area contributed by atoms with E-state index < -0.39 is 7.26 Å². The third kappa shape index (κ3) is 4.12. The van der Waals surface area contributed by atoms with Crippen LogP contribution in [0.1, 0.15) is 6.92 Å². The van der Waals surface area contributed by atoms with E-state index in [1.807, 2.05) is 18.2 Å². The van der Waals surface area contributed by atoms with Crippen LogP contribution < -0.4 is 15.9 Å². The molecule has 0 unspecified atom stereocenters. The SMILES string of the molecule is CC1(COC(=O)C[PH](c2ccccc2)(c2ccccc2)c2ccccc2)COC1. The summed E-state index contributed by atoms with van der Waals surface area (Å²) in [5.74, 6) is -0.138. The first kappa shape index (κ1) is 19.8. The van der Waals surface area contributed by atoms with Gasteiger partial charge in [-0.15, -0.1) is 0 Å². The van der Waals surface area contributed by atoms with Crippen LogP contribution in [0.3, 0.4) is 0 Å². The fourth-order valence-electron chi connectivity index (χ4n) is 4.03. The minimum atomic E-state index is -2.58. The molecule has 0 radical (unpaired) electrons. The first-order chi connectivity index (χ1) is 14.1. The Morgan fingerprint density at radius 1 is 0.828 bits per heavy atom. The summed E-state index contributed by atoms with van der Waals surface area (Å²) >= 11 is 0. The minimum absolute atomic E-state index is 0.0495. The predicted molar refractivity (Wildman–Crippen MR) is 121 cm³/mol. The van der Waals surface area contributed by atoms with E-state index in [2.05, 4.69) is 79.7 Å². The summed E-state index contributed by atoms with van der Waals surface area (Å²) in [5, 5.41) is 3.65. The second kappa shape index (κ2) is 8.49. The van der Waals surface area contributed by atoms with Crippen LogP contribution in [0.15, 0.2) is 91.0 Å². The van der Waals surface area contributed by atoms with E-state index in [-0.39, 0.29) is 11.4 Å². The fraction of sp³-hybridized carbons (Fsp3) is 0.240. The number of carbonyl (C=O) groups is 1. The molecule has 1 aliphatic heterocycles. The molecular formula is C25H27O3P. The molecule has 0 saturated carbocycles. The molecule has 29 heavy (non-hydrogen) atoms. The van der Waals surface area contributed by atoms with Gasteiger partial charge in [-0.05, 0) is 0 Å². The van der Waals surface area contributed by atoms with E-state index in [0.717, 1.165) is 0 Å². The Labute approximate surface area is 173 Å². The Hall–Kier alpha value is -2.48. The molecule has 0 amide bonds. The van der Waals surface area contributed by atoms with Crippen LogP contribution in [0.2, 0.25) is 0 Å². The number of hydrogen-bond acceptors (Lipinski definition) is 3. The molecule has 0 aliphatic carbocycles. The van der Waals surface area contributed by atoms with Gasteiger partial charge in [0.15, 0.2) is 0 Å². The van der Waals surface area contributed by atoms with Gasteiger partial charge in [0.1, 0.15) is 0 Å². The number of ether oxygens (including phenoxy) is 2. The van der Waals surface area contributed by atoms with Crippen molar-refractivity contribution in [2.75, 3.05) is 26.0 Å². The Balaban J connectivity index is 1.76. The number of esters is 1. The Bertz CT molecular complexity index is 841. The molecule has 3 aromatic carbocycles. The van der Waals surface area contributed by atoms with Crippen molar-refractivity contribution in [3.05, 3.63) is 91.0 Å². The second-order valence-electron chi connectivity index (χ2n) is 8.14. The molecule has 4 heteroatoms. The van der Waals surface area contributed by atoms with Gasteiger partial charge in [0.05, 0.1) is 0 Å². The summed E-state index contributed by atoms with van der Waals surface area (Å²) in [6, 6.07) is 31.3.